The zero-order valence-electron chi connectivity index (χ0n) is 12.2. The van der Waals surface area contributed by atoms with Gasteiger partial charge in [0.25, 0.3) is 5.56 Å². The molecule has 0 saturated heterocycles. The van der Waals surface area contributed by atoms with E-state index in [0.29, 0.717) is 0 Å². The number of nitrogens with zero attached hydrogens (tertiary/aromatic N) is 1. The lowest BCUT2D eigenvalue weighted by Gasteiger charge is -2.22. The molecule has 3 heteroatoms. The summed E-state index contributed by atoms with van der Waals surface area (Å²) in [4.78, 5) is 12.6. The molecule has 0 amide bonds. The monoisotopic (exact) mass is 280 g/mol. The Bertz CT molecular complexity index is 731. The van der Waals surface area contributed by atoms with Crippen LogP contribution in [0.4, 0.5) is 5.82 Å². The lowest BCUT2D eigenvalue weighted by atomic mass is 9.87. The Hall–Kier alpha value is -2.03. The maximum Gasteiger partial charge on any atom is 0.255 e. The zero-order valence-corrected chi connectivity index (χ0v) is 12.2. The van der Waals surface area contributed by atoms with E-state index in [1.165, 1.54) is 23.1 Å². The van der Waals surface area contributed by atoms with Crippen molar-refractivity contribution in [2.75, 3.05) is 11.9 Å². The van der Waals surface area contributed by atoms with E-state index in [2.05, 4.69) is 35.6 Å². The number of fused-ring (bicyclic) bond motifs is 2. The average molecular weight is 280 g/mol. The van der Waals surface area contributed by atoms with Crippen molar-refractivity contribution in [3.05, 3.63) is 62.9 Å². The van der Waals surface area contributed by atoms with Crippen molar-refractivity contribution >= 4 is 5.82 Å². The zero-order chi connectivity index (χ0) is 14.2. The highest BCUT2D eigenvalue weighted by molar-refractivity contribution is 5.56. The number of nitrogens with one attached hydrogen (secondary N) is 1. The van der Waals surface area contributed by atoms with Crippen LogP contribution in [0.2, 0.25) is 0 Å². The van der Waals surface area contributed by atoms with Crippen molar-refractivity contribution in [3.63, 3.8) is 0 Å². The first-order chi connectivity index (χ1) is 10.3. The molecule has 3 nitrogen and oxygen atoms in total. The Kier molecular flexibility index (Phi) is 3.06. The van der Waals surface area contributed by atoms with E-state index < -0.39 is 0 Å². The van der Waals surface area contributed by atoms with Crippen LogP contribution in [0.3, 0.4) is 0 Å². The topological polar surface area (TPSA) is 34.0 Å². The number of benzene rings is 1. The molecule has 1 N–H and O–H groups in total. The van der Waals surface area contributed by atoms with Crippen LogP contribution in [-0.2, 0) is 25.8 Å². The first kappa shape index (κ1) is 12.7. The molecule has 1 aromatic carbocycles. The minimum Gasteiger partial charge on any atom is -0.369 e. The van der Waals surface area contributed by atoms with Gasteiger partial charge in [0.2, 0.25) is 0 Å². The summed E-state index contributed by atoms with van der Waals surface area (Å²) < 4.78 is 1.96. The predicted octanol–water partition coefficient (Wildman–Crippen LogP) is 2.74. The quantitative estimate of drug-likeness (QED) is 0.918. The Morgan fingerprint density at radius 1 is 1.05 bits per heavy atom. The second kappa shape index (κ2) is 5.06. The fourth-order valence-corrected chi connectivity index (χ4v) is 3.74. The van der Waals surface area contributed by atoms with E-state index in [0.717, 1.165) is 50.2 Å². The van der Waals surface area contributed by atoms with Crippen LogP contribution >= 0.6 is 0 Å². The standard InChI is InChI=1S/C18H20N2O/c21-18-15-9-5-4-8-14(15)16(17-19-10-11-20(17)18)12-13-6-2-1-3-7-13/h1-3,6-7,19H,4-5,8-12H2. The van der Waals surface area contributed by atoms with Crippen LogP contribution in [-0.4, -0.2) is 11.1 Å². The molecule has 0 radical (unpaired) electrons. The molecule has 2 aromatic rings. The molecule has 108 valence electrons. The molecule has 1 aliphatic carbocycles. The van der Waals surface area contributed by atoms with Gasteiger partial charge in [0, 0.05) is 30.6 Å². The largest absolute Gasteiger partial charge is 0.369 e. The highest BCUT2D eigenvalue weighted by atomic mass is 16.1. The van der Waals surface area contributed by atoms with E-state index in [4.69, 9.17) is 0 Å². The highest BCUT2D eigenvalue weighted by Crippen LogP contribution is 2.31. The summed E-state index contributed by atoms with van der Waals surface area (Å²) in [6.07, 6.45) is 5.29. The predicted molar refractivity (Wildman–Crippen MR) is 85.1 cm³/mol. The van der Waals surface area contributed by atoms with Crippen molar-refractivity contribution in [2.45, 2.75) is 38.6 Å². The average Bonchev–Trinajstić information content (AvgIpc) is 3.02. The van der Waals surface area contributed by atoms with Gasteiger partial charge in [0.1, 0.15) is 5.82 Å². The van der Waals surface area contributed by atoms with E-state index in [9.17, 15) is 4.79 Å². The molecule has 4 rings (SSSR count). The minimum absolute atomic E-state index is 0.251. The third-order valence-corrected chi connectivity index (χ3v) is 4.74. The maximum absolute atomic E-state index is 12.6. The summed E-state index contributed by atoms with van der Waals surface area (Å²) in [6, 6.07) is 10.6. The molecule has 0 unspecified atom stereocenters. The molecule has 21 heavy (non-hydrogen) atoms. The molecule has 2 heterocycles. The normalized spacial score (nSPS) is 16.2. The number of aromatic nitrogens is 1. The number of anilines is 1. The van der Waals surface area contributed by atoms with Crippen molar-refractivity contribution < 1.29 is 0 Å². The fraction of sp³-hybridized carbons (Fsp3) is 0.389. The van der Waals surface area contributed by atoms with Gasteiger partial charge in [-0.3, -0.25) is 9.36 Å². The molecule has 0 bridgehead atoms. The van der Waals surface area contributed by atoms with E-state index in [1.54, 1.807) is 0 Å². The smallest absolute Gasteiger partial charge is 0.255 e. The maximum atomic E-state index is 12.6. The summed E-state index contributed by atoms with van der Waals surface area (Å²) in [5.41, 5.74) is 5.34. The van der Waals surface area contributed by atoms with Gasteiger partial charge in [-0.2, -0.15) is 0 Å². The second-order valence-electron chi connectivity index (χ2n) is 6.04. The Morgan fingerprint density at radius 2 is 1.81 bits per heavy atom. The van der Waals surface area contributed by atoms with E-state index in [-0.39, 0.29) is 5.56 Å². The molecule has 0 saturated carbocycles. The third kappa shape index (κ3) is 2.08. The van der Waals surface area contributed by atoms with Crippen LogP contribution in [0.25, 0.3) is 0 Å². The summed E-state index contributed by atoms with van der Waals surface area (Å²) in [5.74, 6) is 1.07. The summed E-state index contributed by atoms with van der Waals surface area (Å²) in [6.45, 7) is 1.68. The molecule has 0 atom stereocenters. The summed E-state index contributed by atoms with van der Waals surface area (Å²) >= 11 is 0. The minimum atomic E-state index is 0.251. The summed E-state index contributed by atoms with van der Waals surface area (Å²) in [5, 5.41) is 3.44. The second-order valence-corrected chi connectivity index (χ2v) is 6.04. The van der Waals surface area contributed by atoms with Crippen molar-refractivity contribution in [1.29, 1.82) is 0 Å². The number of pyridine rings is 1. The van der Waals surface area contributed by atoms with Crippen LogP contribution in [0.15, 0.2) is 35.1 Å². The van der Waals surface area contributed by atoms with Gasteiger partial charge < -0.3 is 5.32 Å². The summed E-state index contributed by atoms with van der Waals surface area (Å²) in [7, 11) is 0. The van der Waals surface area contributed by atoms with Gasteiger partial charge in [0.05, 0.1) is 0 Å². The van der Waals surface area contributed by atoms with Crippen LogP contribution in [0, 0.1) is 0 Å². The Balaban J connectivity index is 1.89. The van der Waals surface area contributed by atoms with Gasteiger partial charge in [-0.05, 0) is 36.8 Å². The first-order valence-corrected chi connectivity index (χ1v) is 7.90. The van der Waals surface area contributed by atoms with Crippen LogP contribution in [0.1, 0.15) is 35.1 Å². The van der Waals surface area contributed by atoms with E-state index in [1.807, 2.05) is 4.57 Å². The third-order valence-electron chi connectivity index (χ3n) is 4.74. The number of hydrogen-bond acceptors (Lipinski definition) is 2. The van der Waals surface area contributed by atoms with Gasteiger partial charge in [-0.1, -0.05) is 30.3 Å². The molecule has 0 fully saturated rings. The first-order valence-electron chi connectivity index (χ1n) is 7.90. The fourth-order valence-electron chi connectivity index (χ4n) is 3.74. The van der Waals surface area contributed by atoms with Gasteiger partial charge in [-0.15, -0.1) is 0 Å². The van der Waals surface area contributed by atoms with Crippen molar-refractivity contribution in [2.24, 2.45) is 0 Å². The Morgan fingerprint density at radius 3 is 2.62 bits per heavy atom. The Labute approximate surface area is 124 Å². The lowest BCUT2D eigenvalue weighted by Crippen LogP contribution is -2.27. The van der Waals surface area contributed by atoms with Gasteiger partial charge >= 0.3 is 0 Å². The molecule has 0 spiro atoms. The van der Waals surface area contributed by atoms with Gasteiger partial charge in [-0.25, -0.2) is 0 Å². The van der Waals surface area contributed by atoms with Gasteiger partial charge in [0.15, 0.2) is 0 Å². The number of rotatable bonds is 2. The molecular formula is C18H20N2O. The molecule has 1 aromatic heterocycles. The lowest BCUT2D eigenvalue weighted by molar-refractivity contribution is 0.651. The van der Waals surface area contributed by atoms with Crippen LogP contribution in [0.5, 0.6) is 0 Å². The highest BCUT2D eigenvalue weighted by Gasteiger charge is 2.25. The van der Waals surface area contributed by atoms with Crippen molar-refractivity contribution in [3.8, 4) is 0 Å². The van der Waals surface area contributed by atoms with Crippen molar-refractivity contribution in [1.82, 2.24) is 4.57 Å². The number of hydrogen-bond donors (Lipinski definition) is 1. The molecular weight excluding hydrogens is 260 g/mol. The molecule has 2 aliphatic rings. The molecule has 1 aliphatic heterocycles. The van der Waals surface area contributed by atoms with E-state index >= 15 is 0 Å². The van der Waals surface area contributed by atoms with Crippen LogP contribution < -0.4 is 10.9 Å². The SMILES string of the molecule is O=c1c2c(c(Cc3ccccc3)c3n1CCN3)CCCC2.